The Balaban J connectivity index is 1.36. The number of fused-ring (bicyclic) bond motifs is 1. The van der Waals surface area contributed by atoms with Crippen molar-refractivity contribution >= 4 is 6.03 Å². The Kier molecular flexibility index (Phi) is 5.72. The minimum atomic E-state index is -0.0678. The lowest BCUT2D eigenvalue weighted by molar-refractivity contribution is 0.124. The molecular formula is C21H31N3O3. The predicted molar refractivity (Wildman–Crippen MR) is 104 cm³/mol. The van der Waals surface area contributed by atoms with E-state index in [1.54, 1.807) is 0 Å². The van der Waals surface area contributed by atoms with Crippen molar-refractivity contribution in [3.05, 3.63) is 23.8 Å². The molecule has 0 aromatic heterocycles. The van der Waals surface area contributed by atoms with Gasteiger partial charge in [0.2, 0.25) is 0 Å². The largest absolute Gasteiger partial charge is 0.490 e. The maximum absolute atomic E-state index is 12.8. The monoisotopic (exact) mass is 373 g/mol. The van der Waals surface area contributed by atoms with Gasteiger partial charge in [0.25, 0.3) is 0 Å². The quantitative estimate of drug-likeness (QED) is 0.884. The highest BCUT2D eigenvalue weighted by molar-refractivity contribution is 5.75. The van der Waals surface area contributed by atoms with Crippen molar-refractivity contribution in [2.75, 3.05) is 39.4 Å². The second-order valence-corrected chi connectivity index (χ2v) is 7.91. The van der Waals surface area contributed by atoms with Gasteiger partial charge in [-0.05, 0) is 63.4 Å². The first-order valence-electron chi connectivity index (χ1n) is 10.4. The molecule has 148 valence electrons. The summed E-state index contributed by atoms with van der Waals surface area (Å²) in [5.74, 6) is 1.57. The Morgan fingerprint density at radius 2 is 1.85 bits per heavy atom. The van der Waals surface area contributed by atoms with Crippen LogP contribution in [0.3, 0.4) is 0 Å². The van der Waals surface area contributed by atoms with Crippen LogP contribution < -0.4 is 14.8 Å². The normalized spacial score (nSPS) is 24.3. The number of carbonyl (C=O) groups excluding carboxylic acids is 1. The third kappa shape index (κ3) is 4.32. The molecule has 0 spiro atoms. The Bertz CT molecular complexity index is 660. The summed E-state index contributed by atoms with van der Waals surface area (Å²) in [7, 11) is 0. The van der Waals surface area contributed by atoms with Crippen LogP contribution >= 0.6 is 0 Å². The fourth-order valence-electron chi connectivity index (χ4n) is 4.35. The molecule has 27 heavy (non-hydrogen) atoms. The first-order valence-corrected chi connectivity index (χ1v) is 10.4. The highest BCUT2D eigenvalue weighted by atomic mass is 16.5. The van der Waals surface area contributed by atoms with Crippen molar-refractivity contribution in [3.63, 3.8) is 0 Å². The molecule has 1 aromatic rings. The summed E-state index contributed by atoms with van der Waals surface area (Å²) in [5, 5.41) is 3.17. The number of hydrogen-bond donors (Lipinski definition) is 1. The second kappa shape index (κ2) is 8.38. The SMILES string of the molecule is CC(NC(=O)N1CCCC(N2CCCC2)C1)c1ccc2c(c1)OCCCO2. The molecule has 2 saturated heterocycles. The summed E-state index contributed by atoms with van der Waals surface area (Å²) in [4.78, 5) is 17.4. The standard InChI is InChI=1S/C21H31N3O3/c1-16(17-7-8-19-20(14-17)27-13-5-12-26-19)22-21(25)24-11-4-6-18(15-24)23-9-2-3-10-23/h7-8,14,16,18H,2-6,9-13,15H2,1H3,(H,22,25). The number of benzene rings is 1. The zero-order valence-corrected chi connectivity index (χ0v) is 16.3. The second-order valence-electron chi connectivity index (χ2n) is 7.91. The number of hydrogen-bond acceptors (Lipinski definition) is 4. The average Bonchev–Trinajstić information content (AvgIpc) is 3.13. The highest BCUT2D eigenvalue weighted by Gasteiger charge is 2.29. The van der Waals surface area contributed by atoms with Crippen LogP contribution in [-0.2, 0) is 0 Å². The number of piperidine rings is 1. The average molecular weight is 373 g/mol. The number of amides is 2. The van der Waals surface area contributed by atoms with E-state index in [9.17, 15) is 4.79 Å². The van der Waals surface area contributed by atoms with Gasteiger partial charge in [-0.25, -0.2) is 4.79 Å². The van der Waals surface area contributed by atoms with Gasteiger partial charge in [-0.2, -0.15) is 0 Å². The van der Waals surface area contributed by atoms with E-state index in [1.165, 1.54) is 32.4 Å². The van der Waals surface area contributed by atoms with Crippen molar-refractivity contribution in [1.29, 1.82) is 0 Å². The van der Waals surface area contributed by atoms with E-state index in [0.717, 1.165) is 43.0 Å². The Morgan fingerprint density at radius 3 is 2.67 bits per heavy atom. The predicted octanol–water partition coefficient (Wildman–Crippen LogP) is 3.18. The minimum absolute atomic E-state index is 0.0403. The van der Waals surface area contributed by atoms with Crippen molar-refractivity contribution < 1.29 is 14.3 Å². The number of nitrogens with zero attached hydrogens (tertiary/aromatic N) is 2. The third-order valence-electron chi connectivity index (χ3n) is 5.95. The number of rotatable bonds is 3. The van der Waals surface area contributed by atoms with Crippen molar-refractivity contribution in [1.82, 2.24) is 15.1 Å². The maximum Gasteiger partial charge on any atom is 0.317 e. The molecule has 6 heteroatoms. The Hall–Kier alpha value is -1.95. The van der Waals surface area contributed by atoms with Crippen LogP contribution in [0, 0.1) is 0 Å². The summed E-state index contributed by atoms with van der Waals surface area (Å²) in [6, 6.07) is 6.46. The van der Waals surface area contributed by atoms with E-state index >= 15 is 0 Å². The molecule has 0 radical (unpaired) electrons. The molecule has 0 saturated carbocycles. The van der Waals surface area contributed by atoms with E-state index in [4.69, 9.17) is 9.47 Å². The topological polar surface area (TPSA) is 54.0 Å². The summed E-state index contributed by atoms with van der Waals surface area (Å²) in [6.07, 6.45) is 5.78. The van der Waals surface area contributed by atoms with Gasteiger partial charge in [0, 0.05) is 25.6 Å². The molecule has 6 nitrogen and oxygen atoms in total. The lowest BCUT2D eigenvalue weighted by atomic mass is 10.0. The fourth-order valence-corrected chi connectivity index (χ4v) is 4.35. The van der Waals surface area contributed by atoms with E-state index in [0.29, 0.717) is 19.3 Å². The van der Waals surface area contributed by atoms with Gasteiger partial charge in [-0.1, -0.05) is 6.07 Å². The van der Waals surface area contributed by atoms with E-state index in [1.807, 2.05) is 30.0 Å². The molecule has 2 atom stereocenters. The fraction of sp³-hybridized carbons (Fsp3) is 0.667. The Labute approximate surface area is 161 Å². The van der Waals surface area contributed by atoms with Crippen LogP contribution in [0.5, 0.6) is 11.5 Å². The van der Waals surface area contributed by atoms with Crippen molar-refractivity contribution in [2.45, 2.75) is 51.1 Å². The molecule has 3 aliphatic heterocycles. The molecule has 2 amide bonds. The summed E-state index contributed by atoms with van der Waals surface area (Å²) in [5.41, 5.74) is 1.04. The smallest absolute Gasteiger partial charge is 0.317 e. The van der Waals surface area contributed by atoms with Crippen LogP contribution in [0.25, 0.3) is 0 Å². The highest BCUT2D eigenvalue weighted by Crippen LogP contribution is 2.32. The Morgan fingerprint density at radius 1 is 1.07 bits per heavy atom. The zero-order valence-electron chi connectivity index (χ0n) is 16.3. The number of carbonyl (C=O) groups is 1. The molecule has 3 aliphatic rings. The van der Waals surface area contributed by atoms with Gasteiger partial charge >= 0.3 is 6.03 Å². The molecular weight excluding hydrogens is 342 g/mol. The van der Waals surface area contributed by atoms with Crippen molar-refractivity contribution in [3.8, 4) is 11.5 Å². The molecule has 2 unspecified atom stereocenters. The van der Waals surface area contributed by atoms with Gasteiger partial charge in [0.15, 0.2) is 11.5 Å². The number of ether oxygens (including phenoxy) is 2. The van der Waals surface area contributed by atoms with Crippen LogP contribution in [0.4, 0.5) is 4.79 Å². The van der Waals surface area contributed by atoms with E-state index < -0.39 is 0 Å². The summed E-state index contributed by atoms with van der Waals surface area (Å²) >= 11 is 0. The van der Waals surface area contributed by atoms with Crippen LogP contribution in [0.2, 0.25) is 0 Å². The van der Waals surface area contributed by atoms with Gasteiger partial charge in [-0.15, -0.1) is 0 Å². The molecule has 1 N–H and O–H groups in total. The molecule has 3 heterocycles. The summed E-state index contributed by atoms with van der Waals surface area (Å²) in [6.45, 7) is 7.46. The van der Waals surface area contributed by atoms with Gasteiger partial charge in [0.05, 0.1) is 19.3 Å². The molecule has 4 rings (SSSR count). The third-order valence-corrected chi connectivity index (χ3v) is 5.95. The van der Waals surface area contributed by atoms with Crippen LogP contribution in [0.15, 0.2) is 18.2 Å². The van der Waals surface area contributed by atoms with Crippen molar-refractivity contribution in [2.24, 2.45) is 0 Å². The number of likely N-dealkylation sites (tertiary alicyclic amines) is 2. The van der Waals surface area contributed by atoms with Gasteiger partial charge < -0.3 is 19.7 Å². The lowest BCUT2D eigenvalue weighted by Crippen LogP contribution is -2.52. The van der Waals surface area contributed by atoms with Crippen LogP contribution in [-0.4, -0.2) is 61.3 Å². The molecule has 0 bridgehead atoms. The van der Waals surface area contributed by atoms with E-state index in [2.05, 4.69) is 10.2 Å². The van der Waals surface area contributed by atoms with Gasteiger partial charge in [-0.3, -0.25) is 4.90 Å². The van der Waals surface area contributed by atoms with Gasteiger partial charge in [0.1, 0.15) is 0 Å². The first kappa shape index (κ1) is 18.4. The van der Waals surface area contributed by atoms with E-state index in [-0.39, 0.29) is 12.1 Å². The molecule has 1 aromatic carbocycles. The van der Waals surface area contributed by atoms with Crippen LogP contribution in [0.1, 0.15) is 50.6 Å². The molecule has 2 fully saturated rings. The summed E-state index contributed by atoms with van der Waals surface area (Å²) < 4.78 is 11.5. The minimum Gasteiger partial charge on any atom is -0.490 e. The first-order chi connectivity index (χ1) is 13.2. The zero-order chi connectivity index (χ0) is 18.6. The maximum atomic E-state index is 12.8. The number of nitrogens with one attached hydrogen (secondary N) is 1. The number of urea groups is 1. The lowest BCUT2D eigenvalue weighted by Gasteiger charge is -2.38. The molecule has 0 aliphatic carbocycles.